The van der Waals surface area contributed by atoms with Gasteiger partial charge in [-0.3, -0.25) is 19.7 Å². The molecule has 1 aromatic carbocycles. The number of rotatable bonds is 4. The third-order valence-electron chi connectivity index (χ3n) is 3.94. The Morgan fingerprint density at radius 3 is 2.45 bits per heavy atom. The van der Waals surface area contributed by atoms with Crippen molar-refractivity contribution in [1.82, 2.24) is 5.32 Å². The van der Waals surface area contributed by atoms with Crippen LogP contribution in [-0.2, 0) is 9.53 Å². The van der Waals surface area contributed by atoms with Crippen LogP contribution in [0.2, 0.25) is 0 Å². The normalized spacial score (nSPS) is 21.0. The van der Waals surface area contributed by atoms with Gasteiger partial charge in [0.1, 0.15) is 5.56 Å². The van der Waals surface area contributed by atoms with E-state index in [9.17, 15) is 19.7 Å². The Kier molecular flexibility index (Phi) is 5.08. The Bertz CT molecular complexity index is 579. The van der Waals surface area contributed by atoms with Crippen molar-refractivity contribution in [3.63, 3.8) is 0 Å². The Hall–Kier alpha value is -2.44. The largest absolute Gasteiger partial charge is 0.469 e. The fourth-order valence-electron chi connectivity index (χ4n) is 2.73. The topological polar surface area (TPSA) is 98.5 Å². The van der Waals surface area contributed by atoms with Crippen LogP contribution in [0.4, 0.5) is 5.69 Å². The van der Waals surface area contributed by atoms with Crippen molar-refractivity contribution >= 4 is 17.6 Å². The quantitative estimate of drug-likeness (QED) is 0.521. The minimum Gasteiger partial charge on any atom is -0.469 e. The number of hydrogen-bond donors (Lipinski definition) is 1. The van der Waals surface area contributed by atoms with E-state index in [2.05, 4.69) is 5.32 Å². The maximum Gasteiger partial charge on any atom is 0.308 e. The SMILES string of the molecule is COC(=O)C1CCC(NC(=O)c2ccccc2[N+](=O)[O-])CC1. The molecule has 1 fully saturated rings. The second-order valence-corrected chi connectivity index (χ2v) is 5.32. The number of nitro benzene ring substituents is 1. The number of nitrogens with one attached hydrogen (secondary N) is 1. The summed E-state index contributed by atoms with van der Waals surface area (Å²) in [5.41, 5.74) is -0.147. The van der Waals surface area contributed by atoms with Gasteiger partial charge in [-0.15, -0.1) is 0 Å². The fourth-order valence-corrected chi connectivity index (χ4v) is 2.73. The number of benzene rings is 1. The van der Waals surface area contributed by atoms with E-state index >= 15 is 0 Å². The summed E-state index contributed by atoms with van der Waals surface area (Å²) in [6.07, 6.45) is 2.61. The molecule has 118 valence electrons. The van der Waals surface area contributed by atoms with Crippen LogP contribution in [0.15, 0.2) is 24.3 Å². The van der Waals surface area contributed by atoms with Crippen molar-refractivity contribution < 1.29 is 19.2 Å². The Morgan fingerprint density at radius 1 is 1.23 bits per heavy atom. The number of para-hydroxylation sites is 1. The van der Waals surface area contributed by atoms with E-state index in [0.29, 0.717) is 25.7 Å². The molecule has 22 heavy (non-hydrogen) atoms. The van der Waals surface area contributed by atoms with Gasteiger partial charge in [0.15, 0.2) is 0 Å². The second kappa shape index (κ2) is 7.02. The molecule has 0 heterocycles. The van der Waals surface area contributed by atoms with E-state index in [1.165, 1.54) is 25.3 Å². The summed E-state index contributed by atoms with van der Waals surface area (Å²) in [6, 6.07) is 5.79. The van der Waals surface area contributed by atoms with Crippen LogP contribution in [0, 0.1) is 16.0 Å². The molecule has 7 nitrogen and oxygen atoms in total. The lowest BCUT2D eigenvalue weighted by molar-refractivity contribution is -0.385. The fraction of sp³-hybridized carbons (Fsp3) is 0.467. The number of methoxy groups -OCH3 is 1. The molecule has 1 N–H and O–H groups in total. The maximum absolute atomic E-state index is 12.2. The first-order chi connectivity index (χ1) is 10.5. The predicted octanol–water partition coefficient (Wildman–Crippen LogP) is 2.06. The number of nitrogens with zero attached hydrogens (tertiary/aromatic N) is 1. The molecule has 0 unspecified atom stereocenters. The molecule has 0 spiro atoms. The molecule has 0 atom stereocenters. The zero-order valence-corrected chi connectivity index (χ0v) is 12.3. The lowest BCUT2D eigenvalue weighted by Crippen LogP contribution is -2.39. The average molecular weight is 306 g/mol. The van der Waals surface area contributed by atoms with Gasteiger partial charge in [0.2, 0.25) is 0 Å². The summed E-state index contributed by atoms with van der Waals surface area (Å²) in [6.45, 7) is 0. The minimum atomic E-state index is -0.566. The number of hydrogen-bond acceptors (Lipinski definition) is 5. The van der Waals surface area contributed by atoms with Crippen LogP contribution >= 0.6 is 0 Å². The molecular weight excluding hydrogens is 288 g/mol. The molecule has 1 aliphatic rings. The van der Waals surface area contributed by atoms with Crippen LogP contribution in [0.1, 0.15) is 36.0 Å². The van der Waals surface area contributed by atoms with Crippen molar-refractivity contribution in [2.24, 2.45) is 5.92 Å². The molecule has 1 saturated carbocycles. The van der Waals surface area contributed by atoms with Crippen molar-refractivity contribution in [2.75, 3.05) is 7.11 Å². The molecule has 7 heteroatoms. The number of carbonyl (C=O) groups is 2. The summed E-state index contributed by atoms with van der Waals surface area (Å²) in [7, 11) is 1.37. The Labute approximate surface area is 127 Å². The van der Waals surface area contributed by atoms with Gasteiger partial charge in [0.05, 0.1) is 18.0 Å². The Balaban J connectivity index is 1.97. The minimum absolute atomic E-state index is 0.0580. The first-order valence-corrected chi connectivity index (χ1v) is 7.15. The van der Waals surface area contributed by atoms with Gasteiger partial charge in [0, 0.05) is 12.1 Å². The molecule has 1 aliphatic carbocycles. The monoisotopic (exact) mass is 306 g/mol. The molecule has 0 bridgehead atoms. The summed E-state index contributed by atoms with van der Waals surface area (Å²) < 4.78 is 4.72. The van der Waals surface area contributed by atoms with Crippen molar-refractivity contribution in [3.05, 3.63) is 39.9 Å². The van der Waals surface area contributed by atoms with Gasteiger partial charge in [-0.25, -0.2) is 0 Å². The summed E-state index contributed by atoms with van der Waals surface area (Å²) in [5.74, 6) is -0.790. The zero-order valence-electron chi connectivity index (χ0n) is 12.3. The second-order valence-electron chi connectivity index (χ2n) is 5.32. The van der Waals surface area contributed by atoms with Gasteiger partial charge in [-0.2, -0.15) is 0 Å². The summed E-state index contributed by atoms with van der Waals surface area (Å²) >= 11 is 0. The molecule has 1 amide bonds. The van der Waals surface area contributed by atoms with E-state index < -0.39 is 10.8 Å². The number of amides is 1. The first-order valence-electron chi connectivity index (χ1n) is 7.15. The number of esters is 1. The highest BCUT2D eigenvalue weighted by atomic mass is 16.6. The highest BCUT2D eigenvalue weighted by molar-refractivity contribution is 5.98. The van der Waals surface area contributed by atoms with E-state index in [4.69, 9.17) is 4.74 Å². The van der Waals surface area contributed by atoms with E-state index in [0.717, 1.165) is 0 Å². The highest BCUT2D eigenvalue weighted by Crippen LogP contribution is 2.26. The summed E-state index contributed by atoms with van der Waals surface area (Å²) in [5, 5.41) is 13.8. The van der Waals surface area contributed by atoms with Crippen LogP contribution in [0.3, 0.4) is 0 Å². The van der Waals surface area contributed by atoms with E-state index in [1.807, 2.05) is 0 Å². The summed E-state index contributed by atoms with van der Waals surface area (Å²) in [4.78, 5) is 34.0. The van der Waals surface area contributed by atoms with Gasteiger partial charge in [-0.1, -0.05) is 12.1 Å². The van der Waals surface area contributed by atoms with E-state index in [1.54, 1.807) is 6.07 Å². The third-order valence-corrected chi connectivity index (χ3v) is 3.94. The molecule has 0 aromatic heterocycles. The van der Waals surface area contributed by atoms with Crippen molar-refractivity contribution in [3.8, 4) is 0 Å². The number of nitro groups is 1. The highest BCUT2D eigenvalue weighted by Gasteiger charge is 2.29. The third kappa shape index (κ3) is 3.60. The Morgan fingerprint density at radius 2 is 1.86 bits per heavy atom. The van der Waals surface area contributed by atoms with Gasteiger partial charge < -0.3 is 10.1 Å². The zero-order chi connectivity index (χ0) is 16.1. The lowest BCUT2D eigenvalue weighted by Gasteiger charge is -2.27. The molecule has 0 radical (unpaired) electrons. The molecular formula is C15H18N2O5. The average Bonchev–Trinajstić information content (AvgIpc) is 2.54. The first kappa shape index (κ1) is 15.9. The van der Waals surface area contributed by atoms with Crippen LogP contribution in [0.5, 0.6) is 0 Å². The number of carbonyl (C=O) groups excluding carboxylic acids is 2. The van der Waals surface area contributed by atoms with Crippen LogP contribution in [0.25, 0.3) is 0 Å². The molecule has 0 aliphatic heterocycles. The van der Waals surface area contributed by atoms with Crippen LogP contribution in [-0.4, -0.2) is 30.0 Å². The maximum atomic E-state index is 12.2. The van der Waals surface area contributed by atoms with E-state index in [-0.39, 0.29) is 29.2 Å². The lowest BCUT2D eigenvalue weighted by atomic mass is 9.86. The van der Waals surface area contributed by atoms with Gasteiger partial charge in [-0.05, 0) is 31.7 Å². The van der Waals surface area contributed by atoms with Gasteiger partial charge in [0.25, 0.3) is 11.6 Å². The molecule has 2 rings (SSSR count). The molecule has 1 aromatic rings. The smallest absolute Gasteiger partial charge is 0.308 e. The molecule has 0 saturated heterocycles. The van der Waals surface area contributed by atoms with Crippen LogP contribution < -0.4 is 5.32 Å². The van der Waals surface area contributed by atoms with Crippen molar-refractivity contribution in [1.29, 1.82) is 0 Å². The number of ether oxygens (including phenoxy) is 1. The van der Waals surface area contributed by atoms with Gasteiger partial charge >= 0.3 is 5.97 Å². The van der Waals surface area contributed by atoms with Crippen molar-refractivity contribution in [2.45, 2.75) is 31.7 Å². The standard InChI is InChI=1S/C15H18N2O5/c1-22-15(19)10-6-8-11(9-7-10)16-14(18)12-4-2-3-5-13(12)17(20)21/h2-5,10-11H,6-9H2,1H3,(H,16,18). The predicted molar refractivity (Wildman–Crippen MR) is 78.3 cm³/mol.